The summed E-state index contributed by atoms with van der Waals surface area (Å²) in [5.41, 5.74) is 0.500. The summed E-state index contributed by atoms with van der Waals surface area (Å²) in [7, 11) is -5.99. The second-order valence-electron chi connectivity index (χ2n) is 8.18. The lowest BCUT2D eigenvalue weighted by molar-refractivity contribution is -0.122. The van der Waals surface area contributed by atoms with E-state index < -0.39 is 32.1 Å². The monoisotopic (exact) mass is 509 g/mol. The molecule has 1 unspecified atom stereocenters. The molecule has 0 saturated carbocycles. The first-order chi connectivity index (χ1) is 16.1. The van der Waals surface area contributed by atoms with Crippen molar-refractivity contribution in [2.75, 3.05) is 42.6 Å². The van der Waals surface area contributed by atoms with Crippen molar-refractivity contribution in [3.8, 4) is 11.5 Å². The summed E-state index contributed by atoms with van der Waals surface area (Å²) in [6, 6.07) is 10.8. The molecule has 2 heterocycles. The van der Waals surface area contributed by atoms with Gasteiger partial charge in [0.1, 0.15) is 11.5 Å². The van der Waals surface area contributed by atoms with Crippen molar-refractivity contribution in [3.63, 3.8) is 0 Å². The summed E-state index contributed by atoms with van der Waals surface area (Å²) in [5, 5.41) is 2.66. The van der Waals surface area contributed by atoms with Gasteiger partial charge in [0, 0.05) is 13.1 Å². The van der Waals surface area contributed by atoms with E-state index in [2.05, 4.69) is 5.32 Å². The lowest BCUT2D eigenvalue weighted by atomic mass is 10.2. The van der Waals surface area contributed by atoms with Gasteiger partial charge in [0.05, 0.1) is 36.2 Å². The molecule has 2 aliphatic rings. The summed E-state index contributed by atoms with van der Waals surface area (Å²) in [5.74, 6) is -0.108. The van der Waals surface area contributed by atoms with E-state index in [1.54, 1.807) is 24.3 Å². The van der Waals surface area contributed by atoms with E-state index in [1.165, 1.54) is 29.6 Å². The van der Waals surface area contributed by atoms with Crippen LogP contribution in [0.15, 0.2) is 47.4 Å². The normalized spacial score (nSPS) is 19.1. The Kier molecular flexibility index (Phi) is 6.74. The van der Waals surface area contributed by atoms with Crippen LogP contribution in [0.1, 0.15) is 19.3 Å². The van der Waals surface area contributed by atoms with Crippen molar-refractivity contribution in [2.24, 2.45) is 0 Å². The van der Waals surface area contributed by atoms with Gasteiger partial charge in [0.15, 0.2) is 6.10 Å². The third-order valence-electron chi connectivity index (χ3n) is 5.81. The molecule has 184 valence electrons. The zero-order valence-corrected chi connectivity index (χ0v) is 20.6. The first-order valence-corrected chi connectivity index (χ1v) is 14.1. The third kappa shape index (κ3) is 4.84. The van der Waals surface area contributed by atoms with Crippen molar-refractivity contribution in [3.05, 3.63) is 42.5 Å². The van der Waals surface area contributed by atoms with E-state index in [0.717, 1.165) is 29.8 Å². The van der Waals surface area contributed by atoms with Crippen molar-refractivity contribution < 1.29 is 31.1 Å². The minimum absolute atomic E-state index is 0.0400. The number of carbonyl (C=O) groups is 1. The maximum atomic E-state index is 13.1. The number of nitrogens with one attached hydrogen (secondary N) is 1. The van der Waals surface area contributed by atoms with Gasteiger partial charge in [-0.1, -0.05) is 18.6 Å². The first kappa shape index (κ1) is 24.3. The first-order valence-electron chi connectivity index (χ1n) is 10.8. The molecule has 4 rings (SSSR count). The van der Waals surface area contributed by atoms with Crippen molar-refractivity contribution in [2.45, 2.75) is 30.3 Å². The van der Waals surface area contributed by atoms with E-state index in [0.29, 0.717) is 18.8 Å². The van der Waals surface area contributed by atoms with Gasteiger partial charge in [-0.15, -0.1) is 0 Å². The smallest absolute Gasteiger partial charge is 0.267 e. The summed E-state index contributed by atoms with van der Waals surface area (Å²) in [6.45, 7) is 0.676. The van der Waals surface area contributed by atoms with E-state index in [1.807, 2.05) is 0 Å². The highest BCUT2D eigenvalue weighted by molar-refractivity contribution is 7.92. The number of fused-ring (bicyclic) bond motifs is 1. The number of carbonyl (C=O) groups excluding carboxylic acids is 1. The predicted octanol–water partition coefficient (Wildman–Crippen LogP) is 2.04. The van der Waals surface area contributed by atoms with Crippen LogP contribution in [0.5, 0.6) is 11.5 Å². The molecule has 1 atom stereocenters. The van der Waals surface area contributed by atoms with Crippen molar-refractivity contribution >= 4 is 37.3 Å². The minimum atomic E-state index is -3.73. The Hall–Kier alpha value is -2.83. The van der Waals surface area contributed by atoms with Crippen LogP contribution in [-0.4, -0.2) is 66.2 Å². The van der Waals surface area contributed by atoms with Gasteiger partial charge in [-0.25, -0.2) is 16.8 Å². The molecule has 0 spiro atoms. The van der Waals surface area contributed by atoms with E-state index in [9.17, 15) is 21.6 Å². The van der Waals surface area contributed by atoms with Gasteiger partial charge in [-0.3, -0.25) is 9.10 Å². The Morgan fingerprint density at radius 3 is 2.44 bits per heavy atom. The van der Waals surface area contributed by atoms with E-state index in [4.69, 9.17) is 9.47 Å². The van der Waals surface area contributed by atoms with Crippen LogP contribution in [0.25, 0.3) is 0 Å². The molecule has 0 aromatic heterocycles. The zero-order chi connectivity index (χ0) is 24.5. The summed E-state index contributed by atoms with van der Waals surface area (Å²) < 4.78 is 64.5. The molecule has 1 amide bonds. The number of hydrogen-bond donors (Lipinski definition) is 1. The highest BCUT2D eigenvalue weighted by Gasteiger charge is 2.35. The maximum absolute atomic E-state index is 13.1. The molecule has 10 nitrogen and oxygen atoms in total. The lowest BCUT2D eigenvalue weighted by Gasteiger charge is -2.34. The number of rotatable bonds is 6. The second kappa shape index (κ2) is 9.43. The van der Waals surface area contributed by atoms with Crippen molar-refractivity contribution in [1.29, 1.82) is 0 Å². The number of hydrogen-bond acceptors (Lipinski definition) is 7. The lowest BCUT2D eigenvalue weighted by Crippen LogP contribution is -2.48. The molecule has 2 aromatic rings. The van der Waals surface area contributed by atoms with Crippen molar-refractivity contribution in [1.82, 2.24) is 4.31 Å². The Bertz CT molecular complexity index is 1290. The number of anilines is 2. The molecule has 2 aliphatic heterocycles. The number of piperidine rings is 1. The number of ether oxygens (including phenoxy) is 2. The van der Waals surface area contributed by atoms with Crippen LogP contribution >= 0.6 is 0 Å². The van der Waals surface area contributed by atoms with Crippen LogP contribution in [0.4, 0.5) is 11.4 Å². The van der Waals surface area contributed by atoms with Crippen LogP contribution in [0.3, 0.4) is 0 Å². The topological polar surface area (TPSA) is 122 Å². The molecular formula is C22H27N3O7S2. The molecule has 0 bridgehead atoms. The second-order valence-corrected chi connectivity index (χ2v) is 12.0. The number of nitrogens with zero attached hydrogens (tertiary/aromatic N) is 2. The average Bonchev–Trinajstić information content (AvgIpc) is 2.83. The predicted molar refractivity (Wildman–Crippen MR) is 127 cm³/mol. The quantitative estimate of drug-likeness (QED) is 0.632. The van der Waals surface area contributed by atoms with E-state index >= 15 is 0 Å². The summed E-state index contributed by atoms with van der Waals surface area (Å²) in [4.78, 5) is 13.1. The SMILES string of the molecule is COc1ccc(S(=O)(=O)N2CCCCC2)cc1NC(=O)C1CN(S(C)(=O)=O)c2ccccc2O1. The fraction of sp³-hybridized carbons (Fsp3) is 0.409. The highest BCUT2D eigenvalue weighted by Crippen LogP contribution is 2.35. The number of methoxy groups -OCH3 is 1. The molecule has 12 heteroatoms. The number of amides is 1. The van der Waals surface area contributed by atoms with Gasteiger partial charge < -0.3 is 14.8 Å². The highest BCUT2D eigenvalue weighted by atomic mass is 32.2. The number of benzene rings is 2. The molecule has 1 fully saturated rings. The largest absolute Gasteiger partial charge is 0.495 e. The van der Waals surface area contributed by atoms with Crippen LogP contribution < -0.4 is 19.1 Å². The van der Waals surface area contributed by atoms with E-state index in [-0.39, 0.29) is 28.6 Å². The molecular weight excluding hydrogens is 482 g/mol. The van der Waals surface area contributed by atoms with Gasteiger partial charge in [0.25, 0.3) is 5.91 Å². The zero-order valence-electron chi connectivity index (χ0n) is 18.9. The summed E-state index contributed by atoms with van der Waals surface area (Å²) in [6.07, 6.45) is 2.50. The van der Waals surface area contributed by atoms with Gasteiger partial charge in [-0.05, 0) is 43.2 Å². The molecule has 0 radical (unpaired) electrons. The third-order valence-corrected chi connectivity index (χ3v) is 8.85. The average molecular weight is 510 g/mol. The maximum Gasteiger partial charge on any atom is 0.267 e. The molecule has 0 aliphatic carbocycles. The van der Waals surface area contributed by atoms with Crippen LogP contribution in [0, 0.1) is 0 Å². The molecule has 34 heavy (non-hydrogen) atoms. The van der Waals surface area contributed by atoms with Gasteiger partial charge in [-0.2, -0.15) is 4.31 Å². The Balaban J connectivity index is 1.61. The molecule has 2 aromatic carbocycles. The molecule has 1 saturated heterocycles. The number of sulfonamides is 2. The minimum Gasteiger partial charge on any atom is -0.495 e. The standard InChI is InChI=1S/C22H27N3O7S2/c1-31-19-11-10-16(34(29,30)24-12-6-3-7-13-24)14-17(19)23-22(26)21-15-25(33(2,27)28)18-8-4-5-9-20(18)32-21/h4-5,8-11,14,21H,3,6-7,12-13,15H2,1-2H3,(H,23,26). The Labute approximate surface area is 199 Å². The van der Waals surface area contributed by atoms with Crippen LogP contribution in [-0.2, 0) is 24.8 Å². The Morgan fingerprint density at radius 1 is 1.06 bits per heavy atom. The number of para-hydroxylation sites is 2. The van der Waals surface area contributed by atoms with Crippen LogP contribution in [0.2, 0.25) is 0 Å². The fourth-order valence-corrected chi connectivity index (χ4v) is 6.52. The Morgan fingerprint density at radius 2 is 1.76 bits per heavy atom. The summed E-state index contributed by atoms with van der Waals surface area (Å²) >= 11 is 0. The fourth-order valence-electron chi connectivity index (χ4n) is 4.07. The van der Waals surface area contributed by atoms with Gasteiger partial charge >= 0.3 is 0 Å². The van der Waals surface area contributed by atoms with Gasteiger partial charge in [0.2, 0.25) is 20.0 Å². The molecule has 1 N–H and O–H groups in total.